The van der Waals surface area contributed by atoms with Gasteiger partial charge in [-0.3, -0.25) is 4.79 Å². The standard InChI is InChI=1S/C21H42O2S.2C4H9.Sn/c1-18(2)13-9-5-7-11-15-21(24,17-20(22)23)16-12-8-6-10-14-19(3)4;2*1-3-4-2;/h18-19,24H,5-17H2,1-4H3,(H,22,23);2*1,3-4H2,2H3;. The SMILES string of the molecule is CC(C)CCCCCCC(S)(CCCCCCC(C)C)CC(=O)O.CCC[CH2][Sn][CH2]CCC. The Balaban J connectivity index is 0. The summed E-state index contributed by atoms with van der Waals surface area (Å²) in [6.07, 6.45) is 20.3. The number of unbranched alkanes of at least 4 members (excludes halogenated alkanes) is 8. The molecule has 2 nitrogen and oxygen atoms in total. The fourth-order valence-electron chi connectivity index (χ4n) is 4.03. The van der Waals surface area contributed by atoms with Crippen LogP contribution in [-0.4, -0.2) is 37.0 Å². The van der Waals surface area contributed by atoms with Gasteiger partial charge in [-0.25, -0.2) is 0 Å². The second-order valence-electron chi connectivity index (χ2n) is 10.9. The van der Waals surface area contributed by atoms with Gasteiger partial charge in [-0.2, -0.15) is 12.6 Å². The maximum atomic E-state index is 11.2. The van der Waals surface area contributed by atoms with E-state index in [9.17, 15) is 9.90 Å². The fraction of sp³-hybridized carbons (Fsp3) is 0.966. The Morgan fingerprint density at radius 2 is 1.12 bits per heavy atom. The topological polar surface area (TPSA) is 37.3 Å². The summed E-state index contributed by atoms with van der Waals surface area (Å²) in [6, 6.07) is 0. The molecule has 0 aliphatic rings. The first-order valence-corrected chi connectivity index (χ1v) is 18.8. The third kappa shape index (κ3) is 30.6. The monoisotopic (exact) mass is 592 g/mol. The first-order valence-electron chi connectivity index (χ1n) is 14.3. The molecule has 1 N–H and O–H groups in total. The van der Waals surface area contributed by atoms with Crippen LogP contribution >= 0.6 is 12.6 Å². The van der Waals surface area contributed by atoms with Gasteiger partial charge >= 0.3 is 75.5 Å². The minimum absolute atomic E-state index is 0.149. The summed E-state index contributed by atoms with van der Waals surface area (Å²) in [6.45, 7) is 13.7. The van der Waals surface area contributed by atoms with Crippen LogP contribution in [0.4, 0.5) is 0 Å². The van der Waals surface area contributed by atoms with Crippen LogP contribution in [0.3, 0.4) is 0 Å². The molecule has 0 spiro atoms. The van der Waals surface area contributed by atoms with E-state index in [1.165, 1.54) is 77.0 Å². The molecule has 0 unspecified atom stereocenters. The summed E-state index contributed by atoms with van der Waals surface area (Å²) < 4.78 is 2.95. The van der Waals surface area contributed by atoms with E-state index in [0.717, 1.165) is 37.5 Å². The predicted octanol–water partition coefficient (Wildman–Crippen LogP) is 10.3. The molecule has 0 aromatic rings. The number of thiol groups is 1. The van der Waals surface area contributed by atoms with Gasteiger partial charge in [0.1, 0.15) is 0 Å². The molecule has 33 heavy (non-hydrogen) atoms. The molecule has 0 bridgehead atoms. The average molecular weight is 592 g/mol. The van der Waals surface area contributed by atoms with Crippen molar-refractivity contribution in [2.24, 2.45) is 11.8 Å². The van der Waals surface area contributed by atoms with E-state index >= 15 is 0 Å². The quantitative estimate of drug-likeness (QED) is 0.0747. The molecule has 0 aliphatic heterocycles. The second-order valence-corrected chi connectivity index (χ2v) is 16.2. The fourth-order valence-corrected chi connectivity index (χ4v) is 8.64. The van der Waals surface area contributed by atoms with Crippen molar-refractivity contribution in [1.29, 1.82) is 0 Å². The zero-order valence-corrected chi connectivity index (χ0v) is 27.1. The van der Waals surface area contributed by atoms with Gasteiger partial charge in [-0.15, -0.1) is 0 Å². The minimum atomic E-state index is -0.704. The molecule has 2 radical (unpaired) electrons. The summed E-state index contributed by atoms with van der Waals surface area (Å²) in [4.78, 5) is 11.2. The van der Waals surface area contributed by atoms with Crippen molar-refractivity contribution in [3.63, 3.8) is 0 Å². The van der Waals surface area contributed by atoms with Gasteiger partial charge < -0.3 is 5.11 Å². The molecule has 0 fully saturated rings. The molecular formula is C29H60O2SSn. The van der Waals surface area contributed by atoms with E-state index in [0.29, 0.717) is 0 Å². The maximum absolute atomic E-state index is 11.2. The van der Waals surface area contributed by atoms with Gasteiger partial charge in [0, 0.05) is 4.75 Å². The summed E-state index contributed by atoms with van der Waals surface area (Å²) in [5, 5.41) is 9.20. The van der Waals surface area contributed by atoms with Crippen LogP contribution in [-0.2, 0) is 4.79 Å². The number of aliphatic carboxylic acids is 1. The summed E-state index contributed by atoms with van der Waals surface area (Å²) in [5.74, 6) is 0.873. The number of hydrogen-bond acceptors (Lipinski definition) is 2. The molecule has 0 saturated heterocycles. The van der Waals surface area contributed by atoms with Gasteiger partial charge in [0.05, 0.1) is 6.42 Å². The number of carboxylic acids is 1. The molecule has 0 saturated carbocycles. The van der Waals surface area contributed by atoms with Crippen molar-refractivity contribution in [2.75, 3.05) is 0 Å². The third-order valence-corrected chi connectivity index (χ3v) is 10.9. The predicted molar refractivity (Wildman–Crippen MR) is 154 cm³/mol. The van der Waals surface area contributed by atoms with E-state index in [1.54, 1.807) is 8.87 Å². The molecule has 0 amide bonds. The number of carbonyl (C=O) groups is 1. The van der Waals surface area contributed by atoms with Crippen molar-refractivity contribution >= 4 is 39.7 Å². The van der Waals surface area contributed by atoms with E-state index in [1.807, 2.05) is 0 Å². The van der Waals surface area contributed by atoms with E-state index < -0.39 is 5.97 Å². The average Bonchev–Trinajstić information content (AvgIpc) is 2.72. The van der Waals surface area contributed by atoms with Gasteiger partial charge in [0.25, 0.3) is 0 Å². The Morgan fingerprint density at radius 3 is 1.45 bits per heavy atom. The molecule has 0 atom stereocenters. The Kier molecular flexibility index (Phi) is 27.9. The summed E-state index contributed by atoms with van der Waals surface area (Å²) >= 11 is 4.94. The number of hydrogen-bond donors (Lipinski definition) is 2. The Bertz CT molecular complexity index is 386. The molecule has 198 valence electrons. The second kappa shape index (κ2) is 25.7. The summed E-state index contributed by atoms with van der Waals surface area (Å²) in [7, 11) is 0. The molecular weight excluding hydrogens is 531 g/mol. The first kappa shape index (κ1) is 35.8. The van der Waals surface area contributed by atoms with Crippen molar-refractivity contribution in [1.82, 2.24) is 0 Å². The van der Waals surface area contributed by atoms with Gasteiger partial charge in [0.15, 0.2) is 0 Å². The first-order chi connectivity index (χ1) is 15.7. The Morgan fingerprint density at radius 1 is 0.727 bits per heavy atom. The van der Waals surface area contributed by atoms with Crippen LogP contribution in [0.15, 0.2) is 0 Å². The van der Waals surface area contributed by atoms with Crippen LogP contribution < -0.4 is 0 Å². The van der Waals surface area contributed by atoms with Crippen LogP contribution in [0.2, 0.25) is 8.87 Å². The molecule has 0 heterocycles. The molecule has 0 aromatic heterocycles. The Labute approximate surface area is 224 Å². The van der Waals surface area contributed by atoms with Crippen LogP contribution in [0.25, 0.3) is 0 Å². The normalized spacial score (nSPS) is 11.7. The molecule has 4 heteroatoms. The van der Waals surface area contributed by atoms with Crippen molar-refractivity contribution < 1.29 is 9.90 Å². The molecule has 0 aliphatic carbocycles. The van der Waals surface area contributed by atoms with E-state index in [4.69, 9.17) is 12.6 Å². The zero-order chi connectivity index (χ0) is 25.4. The molecule has 0 rings (SSSR count). The van der Waals surface area contributed by atoms with Gasteiger partial charge in [0.2, 0.25) is 0 Å². The van der Waals surface area contributed by atoms with Gasteiger partial charge in [-0.05, 0) is 24.7 Å². The number of rotatable bonds is 22. The van der Waals surface area contributed by atoms with E-state index in [-0.39, 0.29) is 32.3 Å². The number of carboxylic acid groups (broad SMARTS) is 1. The van der Waals surface area contributed by atoms with Crippen LogP contribution in [0.1, 0.15) is 151 Å². The zero-order valence-electron chi connectivity index (χ0n) is 23.4. The van der Waals surface area contributed by atoms with Crippen LogP contribution in [0.5, 0.6) is 0 Å². The van der Waals surface area contributed by atoms with E-state index in [2.05, 4.69) is 41.5 Å². The van der Waals surface area contributed by atoms with Crippen molar-refractivity contribution in [3.05, 3.63) is 0 Å². The summed E-state index contributed by atoms with van der Waals surface area (Å²) in [5.41, 5.74) is 0. The van der Waals surface area contributed by atoms with Crippen molar-refractivity contribution in [3.8, 4) is 0 Å². The van der Waals surface area contributed by atoms with Crippen molar-refractivity contribution in [2.45, 2.75) is 164 Å². The third-order valence-electron chi connectivity index (χ3n) is 6.24. The Hall–Kier alpha value is 0.619. The van der Waals surface area contributed by atoms with Gasteiger partial charge in [-0.1, -0.05) is 91.9 Å². The van der Waals surface area contributed by atoms with Crippen LogP contribution in [0, 0.1) is 11.8 Å². The molecule has 0 aromatic carbocycles.